The summed E-state index contributed by atoms with van der Waals surface area (Å²) in [4.78, 5) is 63.2. The van der Waals surface area contributed by atoms with Crippen LogP contribution in [0.25, 0.3) is 0 Å². The van der Waals surface area contributed by atoms with Gasteiger partial charge in [0.25, 0.3) is 0 Å². The maximum absolute atomic E-state index is 14.1. The molecule has 3 aliphatic rings. The standard InChI is InChI=1S/C40H63N5O6/c1-27(2)34(42(8)39(48)36(28(3)4)41-37(46)32-17-12-13-19-44(32)29(5)6)25-30(7)38(47)45-20-14-18-33(45)40(49)51-35(31-15-10-9-11-16-31)26-43-21-23-50-24-22-43/h9-11,15-16,25,27-29,32-36H,12-14,17-24,26H2,1-8H3,(H,41,46)/b30-25+/t32?,33-,34+,35?,36-/m0/s1. The zero-order valence-electron chi connectivity index (χ0n) is 32.3. The summed E-state index contributed by atoms with van der Waals surface area (Å²) in [5.74, 6) is -1.04. The Kier molecular flexibility index (Phi) is 15.1. The van der Waals surface area contributed by atoms with Crippen molar-refractivity contribution in [1.82, 2.24) is 24.9 Å². The Bertz CT molecular complexity index is 1340. The van der Waals surface area contributed by atoms with E-state index in [1.165, 1.54) is 0 Å². The van der Waals surface area contributed by atoms with Gasteiger partial charge in [0.2, 0.25) is 17.7 Å². The van der Waals surface area contributed by atoms with Crippen molar-refractivity contribution in [3.05, 3.63) is 47.5 Å². The number of carbonyl (C=O) groups is 4. The van der Waals surface area contributed by atoms with Crippen LogP contribution in [0.2, 0.25) is 0 Å². The molecule has 3 aliphatic heterocycles. The number of benzene rings is 1. The maximum Gasteiger partial charge on any atom is 0.329 e. The number of nitrogens with one attached hydrogen (secondary N) is 1. The summed E-state index contributed by atoms with van der Waals surface area (Å²) in [6, 6.07) is 7.98. The predicted octanol–water partition coefficient (Wildman–Crippen LogP) is 4.43. The molecule has 3 fully saturated rings. The minimum absolute atomic E-state index is 0.00820. The van der Waals surface area contributed by atoms with Gasteiger partial charge in [-0.3, -0.25) is 24.2 Å². The van der Waals surface area contributed by atoms with Crippen LogP contribution in [0.4, 0.5) is 0 Å². The van der Waals surface area contributed by atoms with Gasteiger partial charge in [-0.15, -0.1) is 0 Å². The molecule has 3 heterocycles. The first-order valence-electron chi connectivity index (χ1n) is 19.2. The molecule has 3 amide bonds. The van der Waals surface area contributed by atoms with E-state index in [0.717, 1.165) is 44.5 Å². The number of hydrogen-bond donors (Lipinski definition) is 1. The number of piperidine rings is 1. The predicted molar refractivity (Wildman–Crippen MR) is 199 cm³/mol. The summed E-state index contributed by atoms with van der Waals surface area (Å²) < 4.78 is 11.7. The number of likely N-dealkylation sites (tertiary alicyclic amines) is 2. The summed E-state index contributed by atoms with van der Waals surface area (Å²) >= 11 is 0. The number of nitrogens with zero attached hydrogens (tertiary/aromatic N) is 4. The number of rotatable bonds is 14. The van der Waals surface area contributed by atoms with Gasteiger partial charge in [-0.25, -0.2) is 4.79 Å². The smallest absolute Gasteiger partial charge is 0.329 e. The molecule has 0 saturated carbocycles. The van der Waals surface area contributed by atoms with E-state index in [1.54, 1.807) is 23.8 Å². The molecule has 11 nitrogen and oxygen atoms in total. The molecule has 51 heavy (non-hydrogen) atoms. The zero-order chi connectivity index (χ0) is 37.2. The Hall–Kier alpha value is -3.28. The number of carbonyl (C=O) groups excluding carboxylic acids is 4. The summed E-state index contributed by atoms with van der Waals surface area (Å²) in [5, 5.41) is 3.11. The quantitative estimate of drug-likeness (QED) is 0.223. The summed E-state index contributed by atoms with van der Waals surface area (Å²) in [5.41, 5.74) is 1.39. The van der Waals surface area contributed by atoms with E-state index >= 15 is 0 Å². The Morgan fingerprint density at radius 2 is 1.57 bits per heavy atom. The van der Waals surface area contributed by atoms with Crippen LogP contribution >= 0.6 is 0 Å². The van der Waals surface area contributed by atoms with Crippen molar-refractivity contribution >= 4 is 23.7 Å². The molecule has 5 atom stereocenters. The largest absolute Gasteiger partial charge is 0.455 e. The Balaban J connectivity index is 1.46. The van der Waals surface area contributed by atoms with Crippen LogP contribution in [-0.2, 0) is 28.7 Å². The van der Waals surface area contributed by atoms with Crippen molar-refractivity contribution in [1.29, 1.82) is 0 Å². The highest BCUT2D eigenvalue weighted by molar-refractivity contribution is 5.96. The number of esters is 1. The summed E-state index contributed by atoms with van der Waals surface area (Å²) in [6.45, 7) is 18.6. The molecule has 4 rings (SSSR count). The van der Waals surface area contributed by atoms with Gasteiger partial charge in [0, 0.05) is 44.8 Å². The van der Waals surface area contributed by atoms with Crippen LogP contribution < -0.4 is 5.32 Å². The van der Waals surface area contributed by atoms with Gasteiger partial charge in [0.05, 0.1) is 25.3 Å². The van der Waals surface area contributed by atoms with Crippen LogP contribution in [0.3, 0.4) is 0 Å². The molecule has 0 spiro atoms. The zero-order valence-corrected chi connectivity index (χ0v) is 32.3. The van der Waals surface area contributed by atoms with Gasteiger partial charge in [0.15, 0.2) is 0 Å². The monoisotopic (exact) mass is 709 g/mol. The van der Waals surface area contributed by atoms with Crippen LogP contribution in [0.15, 0.2) is 42.0 Å². The molecule has 3 saturated heterocycles. The molecule has 1 aromatic carbocycles. The molecular weight excluding hydrogens is 646 g/mol. The molecule has 11 heteroatoms. The van der Waals surface area contributed by atoms with Gasteiger partial charge in [-0.05, 0) is 70.4 Å². The molecule has 0 aliphatic carbocycles. The average molecular weight is 710 g/mol. The van der Waals surface area contributed by atoms with Gasteiger partial charge in [-0.2, -0.15) is 0 Å². The topological polar surface area (TPSA) is 112 Å². The van der Waals surface area contributed by atoms with E-state index in [4.69, 9.17) is 9.47 Å². The van der Waals surface area contributed by atoms with Crippen molar-refractivity contribution < 1.29 is 28.7 Å². The average Bonchev–Trinajstić information content (AvgIpc) is 3.62. The second-order valence-corrected chi connectivity index (χ2v) is 15.5. The van der Waals surface area contributed by atoms with Gasteiger partial charge >= 0.3 is 5.97 Å². The fourth-order valence-electron chi connectivity index (χ4n) is 7.66. The highest BCUT2D eigenvalue weighted by Crippen LogP contribution is 2.27. The highest BCUT2D eigenvalue weighted by Gasteiger charge is 2.39. The van der Waals surface area contributed by atoms with Crippen LogP contribution in [0.1, 0.15) is 92.2 Å². The maximum atomic E-state index is 14.1. The van der Waals surface area contributed by atoms with Gasteiger partial charge < -0.3 is 24.6 Å². The number of ether oxygens (including phenoxy) is 2. The first-order chi connectivity index (χ1) is 24.3. The van der Waals surface area contributed by atoms with Gasteiger partial charge in [-0.1, -0.05) is 70.5 Å². The lowest BCUT2D eigenvalue weighted by Gasteiger charge is -2.39. The van der Waals surface area contributed by atoms with Crippen molar-refractivity contribution in [2.24, 2.45) is 11.8 Å². The van der Waals surface area contributed by atoms with Crippen molar-refractivity contribution in [2.45, 2.75) is 117 Å². The summed E-state index contributed by atoms with van der Waals surface area (Å²) in [6.07, 6.45) is 5.47. The molecule has 1 aromatic rings. The fourth-order valence-corrected chi connectivity index (χ4v) is 7.66. The first-order valence-corrected chi connectivity index (χ1v) is 19.2. The number of likely N-dealkylation sites (N-methyl/N-ethyl adjacent to an activating group) is 1. The number of amides is 3. The van der Waals surface area contributed by atoms with E-state index in [9.17, 15) is 19.2 Å². The molecule has 0 radical (unpaired) electrons. The van der Waals surface area contributed by atoms with E-state index in [0.29, 0.717) is 44.7 Å². The third-order valence-corrected chi connectivity index (χ3v) is 10.7. The lowest BCUT2D eigenvalue weighted by Crippen LogP contribution is -2.58. The lowest BCUT2D eigenvalue weighted by atomic mass is 9.95. The molecular formula is C40H63N5O6. The normalized spacial score (nSPS) is 22.6. The highest BCUT2D eigenvalue weighted by atomic mass is 16.5. The SMILES string of the molecule is C/C(=C\[C@H](C(C)C)N(C)C(=O)[C@@H](NC(=O)C1CCCCN1C(C)C)C(C)C)C(=O)N1CCC[C@H]1C(=O)OC(CN1CCOCC1)c1ccccc1. The fraction of sp³-hybridized carbons (Fsp3) is 0.700. The van der Waals surface area contributed by atoms with Crippen LogP contribution in [0.5, 0.6) is 0 Å². The minimum Gasteiger partial charge on any atom is -0.455 e. The van der Waals surface area contributed by atoms with E-state index in [1.807, 2.05) is 64.1 Å². The molecule has 0 bridgehead atoms. The second-order valence-electron chi connectivity index (χ2n) is 15.5. The number of hydrogen-bond acceptors (Lipinski definition) is 8. The first kappa shape index (κ1) is 40.5. The Morgan fingerprint density at radius 1 is 0.902 bits per heavy atom. The number of morpholine rings is 1. The van der Waals surface area contributed by atoms with Crippen LogP contribution in [-0.4, -0.2) is 126 Å². The van der Waals surface area contributed by atoms with E-state index < -0.39 is 30.2 Å². The molecule has 0 aromatic heterocycles. The third kappa shape index (κ3) is 10.6. The second kappa shape index (κ2) is 19.0. The molecule has 2 unspecified atom stereocenters. The molecule has 284 valence electrons. The van der Waals surface area contributed by atoms with E-state index in [2.05, 4.69) is 29.0 Å². The lowest BCUT2D eigenvalue weighted by molar-refractivity contribution is -0.159. The van der Waals surface area contributed by atoms with Gasteiger partial charge in [0.1, 0.15) is 18.2 Å². The Morgan fingerprint density at radius 3 is 2.20 bits per heavy atom. The summed E-state index contributed by atoms with van der Waals surface area (Å²) in [7, 11) is 1.75. The van der Waals surface area contributed by atoms with Crippen LogP contribution in [0, 0.1) is 11.8 Å². The van der Waals surface area contributed by atoms with Crippen molar-refractivity contribution in [3.8, 4) is 0 Å². The molecule has 1 N–H and O–H groups in total. The third-order valence-electron chi connectivity index (χ3n) is 10.7. The van der Waals surface area contributed by atoms with Crippen molar-refractivity contribution in [3.63, 3.8) is 0 Å². The van der Waals surface area contributed by atoms with Crippen molar-refractivity contribution in [2.75, 3.05) is 53.0 Å². The Labute approximate surface area is 306 Å². The van der Waals surface area contributed by atoms with E-state index in [-0.39, 0.29) is 41.6 Å². The minimum atomic E-state index is -0.697.